The second-order valence-electron chi connectivity index (χ2n) is 6.46. The largest absolute Gasteiger partial charge is 0.420 e. The van der Waals surface area contributed by atoms with Gasteiger partial charge >= 0.3 is 5.76 Å². The summed E-state index contributed by atoms with van der Waals surface area (Å²) in [6.45, 7) is 9.51. The van der Waals surface area contributed by atoms with E-state index in [0.717, 1.165) is 11.4 Å². The standard InChI is InChI=1S/C18H22N4O3/c1-10(2)22-12(4)16(11(3)20-22)19-17(23)13(5)21-14-8-6-7-9-15(14)25-18(21)24/h6-10,13H,1-5H3,(H,19,23)/t13-/m1/s1. The number of nitrogens with one attached hydrogen (secondary N) is 1. The maximum atomic E-state index is 12.7. The number of benzene rings is 1. The Kier molecular flexibility index (Phi) is 4.24. The first kappa shape index (κ1) is 17.0. The summed E-state index contributed by atoms with van der Waals surface area (Å²) in [5, 5.41) is 7.38. The minimum absolute atomic E-state index is 0.196. The van der Waals surface area contributed by atoms with Crippen LogP contribution in [-0.2, 0) is 4.79 Å². The van der Waals surface area contributed by atoms with Crippen molar-refractivity contribution in [2.24, 2.45) is 0 Å². The molecular weight excluding hydrogens is 320 g/mol. The topological polar surface area (TPSA) is 82.1 Å². The Bertz CT molecular complexity index is 994. The summed E-state index contributed by atoms with van der Waals surface area (Å²) < 4.78 is 8.45. The van der Waals surface area contributed by atoms with Crippen molar-refractivity contribution in [3.63, 3.8) is 0 Å². The lowest BCUT2D eigenvalue weighted by atomic mass is 10.2. The molecule has 2 heterocycles. The highest BCUT2D eigenvalue weighted by Gasteiger charge is 2.23. The molecule has 0 aliphatic rings. The van der Waals surface area contributed by atoms with E-state index in [4.69, 9.17) is 4.42 Å². The molecule has 25 heavy (non-hydrogen) atoms. The van der Waals surface area contributed by atoms with E-state index in [1.54, 1.807) is 31.2 Å². The van der Waals surface area contributed by atoms with Gasteiger partial charge in [0.2, 0.25) is 5.91 Å². The Morgan fingerprint density at radius 3 is 2.52 bits per heavy atom. The third kappa shape index (κ3) is 2.86. The Morgan fingerprint density at radius 1 is 1.20 bits per heavy atom. The van der Waals surface area contributed by atoms with Crippen molar-refractivity contribution in [2.75, 3.05) is 5.32 Å². The molecule has 0 unspecified atom stereocenters. The molecule has 7 heteroatoms. The normalized spacial score (nSPS) is 12.7. The molecule has 0 radical (unpaired) electrons. The maximum Gasteiger partial charge on any atom is 0.420 e. The molecule has 1 amide bonds. The maximum absolute atomic E-state index is 12.7. The smallest absolute Gasteiger partial charge is 0.408 e. The second kappa shape index (κ2) is 6.23. The number of hydrogen-bond acceptors (Lipinski definition) is 4. The molecule has 0 saturated carbocycles. The summed E-state index contributed by atoms with van der Waals surface area (Å²) in [4.78, 5) is 24.9. The number of fused-ring (bicyclic) bond motifs is 1. The number of rotatable bonds is 4. The van der Waals surface area contributed by atoms with E-state index in [1.807, 2.05) is 32.4 Å². The average Bonchev–Trinajstić information content (AvgIpc) is 3.04. The first-order chi connectivity index (χ1) is 11.8. The van der Waals surface area contributed by atoms with Crippen LogP contribution in [0.2, 0.25) is 0 Å². The SMILES string of the molecule is Cc1nn(C(C)C)c(C)c1NC(=O)[C@@H](C)n1c(=O)oc2ccccc21. The number of carbonyl (C=O) groups is 1. The third-order valence-corrected chi connectivity index (χ3v) is 4.35. The Labute approximate surface area is 145 Å². The first-order valence-corrected chi connectivity index (χ1v) is 8.28. The van der Waals surface area contributed by atoms with E-state index in [-0.39, 0.29) is 11.9 Å². The van der Waals surface area contributed by atoms with Gasteiger partial charge in [-0.3, -0.25) is 14.0 Å². The zero-order valence-electron chi connectivity index (χ0n) is 15.0. The van der Waals surface area contributed by atoms with Gasteiger partial charge in [0, 0.05) is 6.04 Å². The van der Waals surface area contributed by atoms with Crippen LogP contribution in [0.1, 0.15) is 44.2 Å². The number of aryl methyl sites for hydroxylation is 1. The first-order valence-electron chi connectivity index (χ1n) is 8.28. The molecule has 1 atom stereocenters. The predicted octanol–water partition coefficient (Wildman–Crippen LogP) is 3.19. The summed E-state index contributed by atoms with van der Waals surface area (Å²) in [7, 11) is 0. The van der Waals surface area contributed by atoms with Gasteiger partial charge in [0.1, 0.15) is 6.04 Å². The highest BCUT2D eigenvalue weighted by molar-refractivity contribution is 5.95. The fourth-order valence-electron chi connectivity index (χ4n) is 3.04. The van der Waals surface area contributed by atoms with Crippen molar-refractivity contribution < 1.29 is 9.21 Å². The number of amides is 1. The lowest BCUT2D eigenvalue weighted by Crippen LogP contribution is -2.29. The molecule has 2 aromatic heterocycles. The molecule has 1 N–H and O–H groups in total. The minimum atomic E-state index is -0.711. The quantitative estimate of drug-likeness (QED) is 0.789. The molecule has 3 rings (SSSR count). The van der Waals surface area contributed by atoms with Gasteiger partial charge in [-0.15, -0.1) is 0 Å². The van der Waals surface area contributed by atoms with Crippen molar-refractivity contribution in [2.45, 2.75) is 46.7 Å². The molecule has 1 aromatic carbocycles. The van der Waals surface area contributed by atoms with Gasteiger partial charge in [-0.1, -0.05) is 12.1 Å². The fourth-order valence-corrected chi connectivity index (χ4v) is 3.04. The molecule has 3 aromatic rings. The van der Waals surface area contributed by atoms with E-state index in [2.05, 4.69) is 10.4 Å². The molecule has 0 bridgehead atoms. The Hall–Kier alpha value is -2.83. The molecule has 0 fully saturated rings. The lowest BCUT2D eigenvalue weighted by Gasteiger charge is -2.14. The second-order valence-corrected chi connectivity index (χ2v) is 6.46. The third-order valence-electron chi connectivity index (χ3n) is 4.35. The number of hydrogen-bond donors (Lipinski definition) is 1. The number of carbonyl (C=O) groups excluding carboxylic acids is 1. The number of para-hydroxylation sites is 2. The molecule has 0 spiro atoms. The number of anilines is 1. The van der Waals surface area contributed by atoms with E-state index >= 15 is 0 Å². The Balaban J connectivity index is 1.94. The van der Waals surface area contributed by atoms with Crippen molar-refractivity contribution in [3.05, 3.63) is 46.2 Å². The van der Waals surface area contributed by atoms with Crippen LogP contribution in [0.5, 0.6) is 0 Å². The van der Waals surface area contributed by atoms with Crippen LogP contribution in [-0.4, -0.2) is 20.3 Å². The zero-order valence-corrected chi connectivity index (χ0v) is 15.0. The molecule has 0 aliphatic carbocycles. The van der Waals surface area contributed by atoms with Gasteiger partial charge < -0.3 is 9.73 Å². The van der Waals surface area contributed by atoms with Gasteiger partial charge in [0.15, 0.2) is 5.58 Å². The highest BCUT2D eigenvalue weighted by atomic mass is 16.4. The molecular formula is C18H22N4O3. The van der Waals surface area contributed by atoms with Crippen LogP contribution < -0.4 is 11.1 Å². The summed E-state index contributed by atoms with van der Waals surface area (Å²) in [5.74, 6) is -0.835. The molecule has 132 valence electrons. The van der Waals surface area contributed by atoms with Crippen molar-refractivity contribution in [3.8, 4) is 0 Å². The lowest BCUT2D eigenvalue weighted by molar-refractivity contribution is -0.118. The fraction of sp³-hybridized carbons (Fsp3) is 0.389. The minimum Gasteiger partial charge on any atom is -0.408 e. The molecule has 0 saturated heterocycles. The zero-order chi connectivity index (χ0) is 18.3. The average molecular weight is 342 g/mol. The number of aromatic nitrogens is 3. The number of oxazole rings is 1. The van der Waals surface area contributed by atoms with E-state index < -0.39 is 11.8 Å². The van der Waals surface area contributed by atoms with Gasteiger partial charge in [-0.05, 0) is 46.8 Å². The van der Waals surface area contributed by atoms with Crippen LogP contribution in [0.3, 0.4) is 0 Å². The van der Waals surface area contributed by atoms with Gasteiger partial charge in [-0.2, -0.15) is 5.10 Å². The molecule has 7 nitrogen and oxygen atoms in total. The highest BCUT2D eigenvalue weighted by Crippen LogP contribution is 2.24. The van der Waals surface area contributed by atoms with Gasteiger partial charge in [0.25, 0.3) is 0 Å². The number of nitrogens with zero attached hydrogens (tertiary/aromatic N) is 3. The van der Waals surface area contributed by atoms with Crippen LogP contribution in [0.4, 0.5) is 5.69 Å². The van der Waals surface area contributed by atoms with Crippen LogP contribution in [0.15, 0.2) is 33.5 Å². The summed E-state index contributed by atoms with van der Waals surface area (Å²) in [6, 6.07) is 6.54. The van der Waals surface area contributed by atoms with E-state index in [9.17, 15) is 9.59 Å². The van der Waals surface area contributed by atoms with Crippen LogP contribution >= 0.6 is 0 Å². The van der Waals surface area contributed by atoms with Crippen molar-refractivity contribution in [1.82, 2.24) is 14.3 Å². The monoisotopic (exact) mass is 342 g/mol. The van der Waals surface area contributed by atoms with Gasteiger partial charge in [0.05, 0.1) is 22.6 Å². The van der Waals surface area contributed by atoms with Crippen LogP contribution in [0.25, 0.3) is 11.1 Å². The Morgan fingerprint density at radius 2 is 1.88 bits per heavy atom. The van der Waals surface area contributed by atoms with Crippen molar-refractivity contribution in [1.29, 1.82) is 0 Å². The van der Waals surface area contributed by atoms with Crippen LogP contribution in [0, 0.1) is 13.8 Å². The summed E-state index contributed by atoms with van der Waals surface area (Å²) >= 11 is 0. The predicted molar refractivity (Wildman–Crippen MR) is 95.9 cm³/mol. The van der Waals surface area contributed by atoms with E-state index in [0.29, 0.717) is 16.8 Å². The summed E-state index contributed by atoms with van der Waals surface area (Å²) in [5.41, 5.74) is 3.38. The van der Waals surface area contributed by atoms with Gasteiger partial charge in [-0.25, -0.2) is 4.79 Å². The van der Waals surface area contributed by atoms with Crippen molar-refractivity contribution >= 4 is 22.7 Å². The molecule has 0 aliphatic heterocycles. The summed E-state index contributed by atoms with van der Waals surface area (Å²) in [6.07, 6.45) is 0. The van der Waals surface area contributed by atoms with E-state index in [1.165, 1.54) is 4.57 Å².